The maximum Gasteiger partial charge on any atom is 0.193 e. The van der Waals surface area contributed by atoms with E-state index in [1.807, 2.05) is 32.0 Å². The third-order valence-corrected chi connectivity index (χ3v) is 4.59. The molecular formula is C13H21N3O2S. The van der Waals surface area contributed by atoms with Gasteiger partial charge in [0, 0.05) is 11.4 Å². The van der Waals surface area contributed by atoms with E-state index < -0.39 is 9.84 Å². The summed E-state index contributed by atoms with van der Waals surface area (Å²) in [6.45, 7) is 5.85. The second-order valence-corrected chi connectivity index (χ2v) is 6.90. The number of anilines is 1. The van der Waals surface area contributed by atoms with Crippen molar-refractivity contribution in [2.75, 3.05) is 23.4 Å². The molecule has 1 aromatic rings. The molecule has 0 bridgehead atoms. The zero-order valence-electron chi connectivity index (χ0n) is 11.6. The highest BCUT2D eigenvalue weighted by Crippen LogP contribution is 2.13. The number of aryl methyl sites for hydroxylation is 2. The number of rotatable bonds is 5. The van der Waals surface area contributed by atoms with Crippen molar-refractivity contribution < 1.29 is 8.42 Å². The first kappa shape index (κ1) is 15.5. The Morgan fingerprint density at radius 1 is 1.32 bits per heavy atom. The molecule has 0 aliphatic rings. The number of hydrogen-bond acceptors (Lipinski definition) is 3. The van der Waals surface area contributed by atoms with Crippen LogP contribution in [-0.2, 0) is 9.84 Å². The van der Waals surface area contributed by atoms with E-state index in [-0.39, 0.29) is 24.0 Å². The number of nitrogens with one attached hydrogen (secondary N) is 1. The summed E-state index contributed by atoms with van der Waals surface area (Å²) in [6.07, 6.45) is 0. The van der Waals surface area contributed by atoms with E-state index >= 15 is 0 Å². The molecule has 0 saturated heterocycles. The minimum absolute atomic E-state index is 0.0266. The smallest absolute Gasteiger partial charge is 0.193 e. The lowest BCUT2D eigenvalue weighted by Crippen LogP contribution is -2.24. The van der Waals surface area contributed by atoms with Crippen LogP contribution in [0.5, 0.6) is 0 Å². The maximum absolute atomic E-state index is 11.3. The Kier molecular flexibility index (Phi) is 5.35. The van der Waals surface area contributed by atoms with Gasteiger partial charge in [0.05, 0.1) is 12.3 Å². The number of nitrogens with zero attached hydrogens (tertiary/aromatic N) is 1. The van der Waals surface area contributed by atoms with Gasteiger partial charge in [-0.1, -0.05) is 13.0 Å². The molecule has 5 nitrogen and oxygen atoms in total. The molecule has 0 unspecified atom stereocenters. The highest BCUT2D eigenvalue weighted by Gasteiger charge is 2.06. The van der Waals surface area contributed by atoms with Gasteiger partial charge in [0.1, 0.15) is 0 Å². The third-order valence-electron chi connectivity index (χ3n) is 2.90. The lowest BCUT2D eigenvalue weighted by Gasteiger charge is -2.08. The molecule has 0 spiro atoms. The van der Waals surface area contributed by atoms with Gasteiger partial charge in [-0.2, -0.15) is 0 Å². The minimum atomic E-state index is -2.99. The van der Waals surface area contributed by atoms with Crippen LogP contribution in [-0.4, -0.2) is 32.4 Å². The van der Waals surface area contributed by atoms with Gasteiger partial charge in [0.2, 0.25) is 0 Å². The first-order chi connectivity index (χ1) is 8.84. The largest absolute Gasteiger partial charge is 0.370 e. The molecule has 0 aliphatic carbocycles. The quantitative estimate of drug-likeness (QED) is 0.633. The van der Waals surface area contributed by atoms with E-state index in [1.165, 1.54) is 5.56 Å². The Morgan fingerprint density at radius 2 is 2.00 bits per heavy atom. The summed E-state index contributed by atoms with van der Waals surface area (Å²) < 4.78 is 22.6. The second kappa shape index (κ2) is 6.56. The van der Waals surface area contributed by atoms with Crippen molar-refractivity contribution in [1.82, 2.24) is 0 Å². The van der Waals surface area contributed by atoms with Crippen molar-refractivity contribution in [2.24, 2.45) is 10.7 Å². The third kappa shape index (κ3) is 5.30. The van der Waals surface area contributed by atoms with Crippen LogP contribution in [0.3, 0.4) is 0 Å². The molecule has 0 amide bonds. The van der Waals surface area contributed by atoms with Crippen LogP contribution in [0.15, 0.2) is 23.2 Å². The molecule has 0 saturated carbocycles. The minimum Gasteiger partial charge on any atom is -0.370 e. The Balaban J connectivity index is 2.59. The molecule has 0 heterocycles. The average Bonchev–Trinajstić information content (AvgIpc) is 2.33. The van der Waals surface area contributed by atoms with E-state index in [0.717, 1.165) is 11.3 Å². The van der Waals surface area contributed by atoms with E-state index in [0.29, 0.717) is 0 Å². The number of guanidine groups is 1. The lowest BCUT2D eigenvalue weighted by molar-refractivity contribution is 0.597. The first-order valence-corrected chi connectivity index (χ1v) is 8.01. The summed E-state index contributed by atoms with van der Waals surface area (Å²) in [7, 11) is -2.99. The van der Waals surface area contributed by atoms with Crippen LogP contribution in [0.25, 0.3) is 0 Å². The Labute approximate surface area is 114 Å². The van der Waals surface area contributed by atoms with Gasteiger partial charge in [0.15, 0.2) is 15.8 Å². The number of sulfone groups is 1. The highest BCUT2D eigenvalue weighted by atomic mass is 32.2. The van der Waals surface area contributed by atoms with E-state index in [2.05, 4.69) is 10.3 Å². The SMILES string of the molecule is CCS(=O)(=O)CCN=C(N)Nc1ccc(C)c(C)c1. The van der Waals surface area contributed by atoms with Crippen LogP contribution < -0.4 is 11.1 Å². The lowest BCUT2D eigenvalue weighted by atomic mass is 10.1. The van der Waals surface area contributed by atoms with Crippen LogP contribution in [0.1, 0.15) is 18.1 Å². The van der Waals surface area contributed by atoms with Crippen molar-refractivity contribution in [1.29, 1.82) is 0 Å². The number of aliphatic imine (C=N–C) groups is 1. The number of benzene rings is 1. The van der Waals surface area contributed by atoms with Gasteiger partial charge in [-0.3, -0.25) is 4.99 Å². The topological polar surface area (TPSA) is 84.5 Å². The Bertz CT molecular complexity index is 565. The normalized spacial score (nSPS) is 12.5. The van der Waals surface area contributed by atoms with Crippen molar-refractivity contribution in [3.8, 4) is 0 Å². The van der Waals surface area contributed by atoms with Gasteiger partial charge in [-0.05, 0) is 37.1 Å². The summed E-state index contributed by atoms with van der Waals surface area (Å²) in [5.74, 6) is 0.390. The van der Waals surface area contributed by atoms with Gasteiger partial charge in [-0.25, -0.2) is 8.42 Å². The Hall–Kier alpha value is -1.56. The molecular weight excluding hydrogens is 262 g/mol. The zero-order chi connectivity index (χ0) is 14.5. The van der Waals surface area contributed by atoms with E-state index in [4.69, 9.17) is 5.73 Å². The van der Waals surface area contributed by atoms with E-state index in [9.17, 15) is 8.42 Å². The summed E-state index contributed by atoms with van der Waals surface area (Å²) in [5, 5.41) is 2.95. The number of nitrogens with two attached hydrogens (primary N) is 1. The van der Waals surface area contributed by atoms with Gasteiger partial charge < -0.3 is 11.1 Å². The first-order valence-electron chi connectivity index (χ1n) is 6.18. The molecule has 6 heteroatoms. The molecule has 1 aromatic carbocycles. The molecule has 3 N–H and O–H groups in total. The van der Waals surface area contributed by atoms with Gasteiger partial charge in [0.25, 0.3) is 0 Å². The molecule has 1 rings (SSSR count). The predicted molar refractivity (Wildman–Crippen MR) is 80.4 cm³/mol. The maximum atomic E-state index is 11.3. The molecule has 0 fully saturated rings. The second-order valence-electron chi connectivity index (χ2n) is 4.43. The molecule has 0 aromatic heterocycles. The van der Waals surface area contributed by atoms with Gasteiger partial charge in [-0.15, -0.1) is 0 Å². The van der Waals surface area contributed by atoms with Crippen LogP contribution >= 0.6 is 0 Å². The van der Waals surface area contributed by atoms with Crippen molar-refractivity contribution >= 4 is 21.5 Å². The van der Waals surface area contributed by atoms with E-state index in [1.54, 1.807) is 6.92 Å². The van der Waals surface area contributed by atoms with Crippen molar-refractivity contribution in [3.63, 3.8) is 0 Å². The van der Waals surface area contributed by atoms with Crippen molar-refractivity contribution in [2.45, 2.75) is 20.8 Å². The van der Waals surface area contributed by atoms with Crippen LogP contribution in [0.2, 0.25) is 0 Å². The van der Waals surface area contributed by atoms with Crippen LogP contribution in [0, 0.1) is 13.8 Å². The summed E-state index contributed by atoms with van der Waals surface area (Å²) in [5.41, 5.74) is 8.92. The summed E-state index contributed by atoms with van der Waals surface area (Å²) >= 11 is 0. The fourth-order valence-electron chi connectivity index (χ4n) is 1.46. The molecule has 0 atom stereocenters. The summed E-state index contributed by atoms with van der Waals surface area (Å²) in [6, 6.07) is 5.88. The van der Waals surface area contributed by atoms with Crippen LogP contribution in [0.4, 0.5) is 5.69 Å². The fourth-order valence-corrected chi connectivity index (χ4v) is 2.11. The summed E-state index contributed by atoms with van der Waals surface area (Å²) in [4.78, 5) is 4.01. The molecule has 0 radical (unpaired) electrons. The van der Waals surface area contributed by atoms with Gasteiger partial charge >= 0.3 is 0 Å². The standard InChI is InChI=1S/C13H21N3O2S/c1-4-19(17,18)8-7-15-13(14)16-12-6-5-10(2)11(3)9-12/h5-6,9H,4,7-8H2,1-3H3,(H3,14,15,16). The average molecular weight is 283 g/mol. The predicted octanol–water partition coefficient (Wildman–Crippen LogP) is 1.46. The monoisotopic (exact) mass is 283 g/mol. The molecule has 106 valence electrons. The molecule has 0 aliphatic heterocycles. The Morgan fingerprint density at radius 3 is 2.58 bits per heavy atom. The number of hydrogen-bond donors (Lipinski definition) is 2. The fraction of sp³-hybridized carbons (Fsp3) is 0.462. The zero-order valence-corrected chi connectivity index (χ0v) is 12.4. The molecule has 19 heavy (non-hydrogen) atoms. The van der Waals surface area contributed by atoms with Crippen molar-refractivity contribution in [3.05, 3.63) is 29.3 Å². The highest BCUT2D eigenvalue weighted by molar-refractivity contribution is 7.91.